The second kappa shape index (κ2) is 6.72. The van der Waals surface area contributed by atoms with Crippen LogP contribution in [0.4, 0.5) is 0 Å². The number of likely N-dealkylation sites (N-methyl/N-ethyl adjacent to an activating group) is 1. The molecule has 2 N–H and O–H groups in total. The van der Waals surface area contributed by atoms with Crippen LogP contribution in [0.1, 0.15) is 24.3 Å². The molecule has 0 atom stereocenters. The summed E-state index contributed by atoms with van der Waals surface area (Å²) in [6.45, 7) is 3.90. The first kappa shape index (κ1) is 17.2. The fraction of sp³-hybridized carbons (Fsp3) is 0.500. The fourth-order valence-electron chi connectivity index (χ4n) is 1.62. The van der Waals surface area contributed by atoms with Gasteiger partial charge in [-0.2, -0.15) is 0 Å². The van der Waals surface area contributed by atoms with Crippen molar-refractivity contribution in [3.63, 3.8) is 0 Å². The van der Waals surface area contributed by atoms with E-state index < -0.39 is 16.0 Å². The van der Waals surface area contributed by atoms with Gasteiger partial charge in [0.2, 0.25) is 15.9 Å². The number of nitrogens with one attached hydrogen (secondary N) is 1. The minimum atomic E-state index is -3.92. The Morgan fingerprint density at radius 2 is 2.00 bits per heavy atom. The molecular weight excluding hydrogens is 298 g/mol. The highest BCUT2D eigenvalue weighted by Gasteiger charge is 2.22. The molecule has 1 heterocycles. The van der Waals surface area contributed by atoms with Crippen molar-refractivity contribution < 1.29 is 23.1 Å². The van der Waals surface area contributed by atoms with E-state index in [0.29, 0.717) is 13.1 Å². The SMILES string of the molecule is CCN(C)C(=O)CNS(=O)(=O)c1cc(C(=O)O)n(CC)c1. The van der Waals surface area contributed by atoms with Gasteiger partial charge in [-0.25, -0.2) is 17.9 Å². The monoisotopic (exact) mass is 317 g/mol. The van der Waals surface area contributed by atoms with E-state index >= 15 is 0 Å². The number of carboxylic acid groups (broad SMARTS) is 1. The number of sulfonamides is 1. The molecule has 0 radical (unpaired) electrons. The lowest BCUT2D eigenvalue weighted by molar-refractivity contribution is -0.128. The Morgan fingerprint density at radius 1 is 1.38 bits per heavy atom. The molecule has 0 unspecified atom stereocenters. The average Bonchev–Trinajstić information content (AvgIpc) is 2.89. The van der Waals surface area contributed by atoms with E-state index in [1.54, 1.807) is 20.9 Å². The van der Waals surface area contributed by atoms with Crippen molar-refractivity contribution >= 4 is 21.9 Å². The number of amides is 1. The summed E-state index contributed by atoms with van der Waals surface area (Å²) in [4.78, 5) is 23.8. The summed E-state index contributed by atoms with van der Waals surface area (Å²) in [5, 5.41) is 9.00. The lowest BCUT2D eigenvalue weighted by atomic mass is 10.4. The van der Waals surface area contributed by atoms with Crippen LogP contribution >= 0.6 is 0 Å². The third-order valence-electron chi connectivity index (χ3n) is 3.06. The van der Waals surface area contributed by atoms with Crippen LogP contribution in [0.25, 0.3) is 0 Å². The summed E-state index contributed by atoms with van der Waals surface area (Å²) in [6.07, 6.45) is 1.24. The van der Waals surface area contributed by atoms with Crippen LogP contribution < -0.4 is 4.72 Å². The molecule has 1 amide bonds. The first-order chi connectivity index (χ1) is 9.72. The van der Waals surface area contributed by atoms with E-state index in [1.165, 1.54) is 15.7 Å². The number of aromatic carboxylic acids is 1. The zero-order chi connectivity index (χ0) is 16.2. The maximum Gasteiger partial charge on any atom is 0.352 e. The second-order valence-electron chi connectivity index (χ2n) is 4.38. The molecule has 0 aliphatic rings. The third-order valence-corrected chi connectivity index (χ3v) is 4.42. The van der Waals surface area contributed by atoms with Crippen molar-refractivity contribution in [1.82, 2.24) is 14.2 Å². The van der Waals surface area contributed by atoms with Gasteiger partial charge >= 0.3 is 5.97 Å². The van der Waals surface area contributed by atoms with E-state index in [4.69, 9.17) is 5.11 Å². The Bertz CT molecular complexity index is 635. The van der Waals surface area contributed by atoms with Crippen LogP contribution in [0.3, 0.4) is 0 Å². The van der Waals surface area contributed by atoms with Gasteiger partial charge in [0.25, 0.3) is 0 Å². The molecule has 118 valence electrons. The molecule has 0 spiro atoms. The summed E-state index contributed by atoms with van der Waals surface area (Å²) in [5.74, 6) is -1.57. The predicted molar refractivity (Wildman–Crippen MR) is 75.6 cm³/mol. The molecule has 0 saturated carbocycles. The van der Waals surface area contributed by atoms with Crippen molar-refractivity contribution in [2.75, 3.05) is 20.1 Å². The first-order valence-corrected chi connectivity index (χ1v) is 7.88. The third kappa shape index (κ3) is 4.05. The largest absolute Gasteiger partial charge is 0.477 e. The van der Waals surface area contributed by atoms with Crippen LogP contribution in [0.15, 0.2) is 17.2 Å². The lowest BCUT2D eigenvalue weighted by Gasteiger charge is -2.14. The standard InChI is InChI=1S/C12H19N3O5S/c1-4-14(3)11(16)7-13-21(19,20)9-6-10(12(17)18)15(5-2)8-9/h6,8,13H,4-5,7H2,1-3H3,(H,17,18). The van der Waals surface area contributed by atoms with E-state index in [-0.39, 0.29) is 23.0 Å². The molecule has 0 aromatic carbocycles. The van der Waals surface area contributed by atoms with Gasteiger partial charge in [0.15, 0.2) is 0 Å². The fourth-order valence-corrected chi connectivity index (χ4v) is 2.64. The predicted octanol–water partition coefficient (Wildman–Crippen LogP) is -0.0372. The summed E-state index contributed by atoms with van der Waals surface area (Å²) in [7, 11) is -2.36. The van der Waals surface area contributed by atoms with Gasteiger partial charge < -0.3 is 14.6 Å². The van der Waals surface area contributed by atoms with Gasteiger partial charge in [-0.1, -0.05) is 0 Å². The molecule has 0 saturated heterocycles. The molecule has 21 heavy (non-hydrogen) atoms. The number of rotatable bonds is 7. The van der Waals surface area contributed by atoms with E-state index in [0.717, 1.165) is 6.07 Å². The van der Waals surface area contributed by atoms with Gasteiger partial charge in [0.1, 0.15) is 10.6 Å². The van der Waals surface area contributed by atoms with Crippen molar-refractivity contribution in [2.45, 2.75) is 25.3 Å². The number of hydrogen-bond acceptors (Lipinski definition) is 4. The van der Waals surface area contributed by atoms with Crippen molar-refractivity contribution in [1.29, 1.82) is 0 Å². The molecule has 9 heteroatoms. The molecule has 0 bridgehead atoms. The summed E-state index contributed by atoms with van der Waals surface area (Å²) in [6, 6.07) is 1.07. The Kier molecular flexibility index (Phi) is 5.50. The number of carboxylic acids is 1. The van der Waals surface area contributed by atoms with Gasteiger partial charge in [0, 0.05) is 26.3 Å². The number of carbonyl (C=O) groups is 2. The maximum atomic E-state index is 12.1. The van der Waals surface area contributed by atoms with Crippen LogP contribution in [-0.2, 0) is 21.4 Å². The van der Waals surface area contributed by atoms with Crippen molar-refractivity contribution in [3.05, 3.63) is 18.0 Å². The molecular formula is C12H19N3O5S. The van der Waals surface area contributed by atoms with Crippen LogP contribution in [0.2, 0.25) is 0 Å². The van der Waals surface area contributed by atoms with Crippen LogP contribution in [-0.4, -0.2) is 55.0 Å². The van der Waals surface area contributed by atoms with Crippen LogP contribution in [0.5, 0.6) is 0 Å². The van der Waals surface area contributed by atoms with Crippen molar-refractivity contribution in [2.24, 2.45) is 0 Å². The summed E-state index contributed by atoms with van der Waals surface area (Å²) in [5.41, 5.74) is -0.116. The summed E-state index contributed by atoms with van der Waals surface area (Å²) < 4.78 is 27.6. The van der Waals surface area contributed by atoms with Gasteiger partial charge in [-0.15, -0.1) is 0 Å². The minimum absolute atomic E-state index is 0.116. The van der Waals surface area contributed by atoms with E-state index in [1.807, 2.05) is 0 Å². The smallest absolute Gasteiger partial charge is 0.352 e. The minimum Gasteiger partial charge on any atom is -0.477 e. The highest BCUT2D eigenvalue weighted by atomic mass is 32.2. The van der Waals surface area contributed by atoms with Gasteiger partial charge in [-0.3, -0.25) is 4.79 Å². The quantitative estimate of drug-likeness (QED) is 0.733. The highest BCUT2D eigenvalue weighted by Crippen LogP contribution is 2.14. The molecule has 1 aromatic rings. The number of aryl methyl sites for hydroxylation is 1. The first-order valence-electron chi connectivity index (χ1n) is 6.40. The Balaban J connectivity index is 2.93. The Labute approximate surface area is 123 Å². The van der Waals surface area contributed by atoms with Crippen molar-refractivity contribution in [3.8, 4) is 0 Å². The van der Waals surface area contributed by atoms with Gasteiger partial charge in [-0.05, 0) is 19.9 Å². The van der Waals surface area contributed by atoms with E-state index in [2.05, 4.69) is 4.72 Å². The van der Waals surface area contributed by atoms with Gasteiger partial charge in [0.05, 0.1) is 6.54 Å². The number of carbonyl (C=O) groups excluding carboxylic acids is 1. The molecule has 1 aromatic heterocycles. The molecule has 1 rings (SSSR count). The molecule has 8 nitrogen and oxygen atoms in total. The zero-order valence-electron chi connectivity index (χ0n) is 12.2. The number of hydrogen-bond donors (Lipinski definition) is 2. The molecule has 0 fully saturated rings. The second-order valence-corrected chi connectivity index (χ2v) is 6.15. The lowest BCUT2D eigenvalue weighted by Crippen LogP contribution is -2.37. The van der Waals surface area contributed by atoms with E-state index in [9.17, 15) is 18.0 Å². The zero-order valence-corrected chi connectivity index (χ0v) is 13.0. The highest BCUT2D eigenvalue weighted by molar-refractivity contribution is 7.89. The maximum absolute atomic E-state index is 12.1. The number of aromatic nitrogens is 1. The molecule has 0 aliphatic heterocycles. The molecule has 0 aliphatic carbocycles. The Hall–Kier alpha value is -1.87. The normalized spacial score (nSPS) is 11.4. The van der Waals surface area contributed by atoms with Crippen LogP contribution in [0, 0.1) is 0 Å². The Morgan fingerprint density at radius 3 is 2.43 bits per heavy atom. The number of nitrogens with zero attached hydrogens (tertiary/aromatic N) is 2. The summed E-state index contributed by atoms with van der Waals surface area (Å²) >= 11 is 0. The topological polar surface area (TPSA) is 109 Å². The average molecular weight is 317 g/mol.